The van der Waals surface area contributed by atoms with Gasteiger partial charge in [-0.2, -0.15) is 0 Å². The monoisotopic (exact) mass is 284 g/mol. The van der Waals surface area contributed by atoms with Crippen molar-refractivity contribution in [3.63, 3.8) is 0 Å². The van der Waals surface area contributed by atoms with Gasteiger partial charge in [-0.15, -0.1) is 0 Å². The van der Waals surface area contributed by atoms with Crippen molar-refractivity contribution in [2.24, 2.45) is 11.7 Å². The molecule has 0 aromatic rings. The minimum atomic E-state index is -1.12. The Morgan fingerprint density at radius 2 is 1.65 bits per heavy atom. The van der Waals surface area contributed by atoms with E-state index in [4.69, 9.17) is 10.8 Å². The van der Waals surface area contributed by atoms with Gasteiger partial charge in [0.15, 0.2) is 0 Å². The van der Waals surface area contributed by atoms with Crippen molar-refractivity contribution >= 4 is 17.8 Å². The Bertz CT molecular complexity index is 349. The molecule has 114 valence electrons. The van der Waals surface area contributed by atoms with Gasteiger partial charge in [-0.1, -0.05) is 32.1 Å². The molecule has 0 aliphatic heterocycles. The lowest BCUT2D eigenvalue weighted by atomic mass is 9.90. The lowest BCUT2D eigenvalue weighted by Crippen LogP contribution is -2.44. The van der Waals surface area contributed by atoms with Crippen LogP contribution in [0, 0.1) is 5.92 Å². The van der Waals surface area contributed by atoms with Gasteiger partial charge in [0, 0.05) is 12.3 Å². The summed E-state index contributed by atoms with van der Waals surface area (Å²) in [6.07, 6.45) is 7.13. The first-order chi connectivity index (χ1) is 9.50. The number of aliphatic carboxylic acids is 1. The van der Waals surface area contributed by atoms with Crippen molar-refractivity contribution in [1.29, 1.82) is 0 Å². The molecule has 2 amide bonds. The zero-order chi connectivity index (χ0) is 15.0. The minimum Gasteiger partial charge on any atom is -0.480 e. The average molecular weight is 284 g/mol. The van der Waals surface area contributed by atoms with Crippen molar-refractivity contribution in [3.8, 4) is 0 Å². The predicted molar refractivity (Wildman–Crippen MR) is 73.8 cm³/mol. The Balaban J connectivity index is 2.50. The highest BCUT2D eigenvalue weighted by Gasteiger charge is 2.25. The van der Waals surface area contributed by atoms with E-state index in [1.807, 2.05) is 0 Å². The number of rotatable bonds is 6. The van der Waals surface area contributed by atoms with Crippen molar-refractivity contribution < 1.29 is 19.5 Å². The topological polar surface area (TPSA) is 109 Å². The molecule has 0 aromatic carbocycles. The summed E-state index contributed by atoms with van der Waals surface area (Å²) in [7, 11) is 0. The zero-order valence-electron chi connectivity index (χ0n) is 11.8. The molecule has 0 bridgehead atoms. The van der Waals surface area contributed by atoms with Crippen LogP contribution in [0.5, 0.6) is 0 Å². The summed E-state index contributed by atoms with van der Waals surface area (Å²) >= 11 is 0. The summed E-state index contributed by atoms with van der Waals surface area (Å²) in [5, 5.41) is 11.6. The number of carbonyl (C=O) groups is 3. The van der Waals surface area contributed by atoms with Gasteiger partial charge in [-0.25, -0.2) is 4.79 Å². The second-order valence-corrected chi connectivity index (χ2v) is 5.45. The minimum absolute atomic E-state index is 0.0398. The van der Waals surface area contributed by atoms with Crippen LogP contribution in [0.3, 0.4) is 0 Å². The van der Waals surface area contributed by atoms with Crippen LogP contribution in [-0.2, 0) is 14.4 Å². The number of hydrogen-bond acceptors (Lipinski definition) is 3. The summed E-state index contributed by atoms with van der Waals surface area (Å²) in [6.45, 7) is 0. The Morgan fingerprint density at radius 3 is 2.15 bits per heavy atom. The predicted octanol–water partition coefficient (Wildman–Crippen LogP) is 1.18. The maximum Gasteiger partial charge on any atom is 0.326 e. The Labute approximate surface area is 119 Å². The molecule has 0 radical (unpaired) electrons. The van der Waals surface area contributed by atoms with E-state index in [0.717, 1.165) is 38.5 Å². The van der Waals surface area contributed by atoms with Gasteiger partial charge in [0.2, 0.25) is 11.8 Å². The molecule has 4 N–H and O–H groups in total. The van der Waals surface area contributed by atoms with Gasteiger partial charge in [-0.05, 0) is 19.3 Å². The highest BCUT2D eigenvalue weighted by Crippen LogP contribution is 2.22. The smallest absolute Gasteiger partial charge is 0.326 e. The third-order valence-corrected chi connectivity index (χ3v) is 3.77. The molecule has 0 heterocycles. The van der Waals surface area contributed by atoms with Gasteiger partial charge in [0.25, 0.3) is 0 Å². The standard InChI is InChI=1S/C14H24N2O4/c15-12(17)9-8-11(14(19)20)16-13(18)10-6-4-2-1-3-5-7-10/h10-11H,1-9H2,(H2,15,17)(H,16,18)(H,19,20)/t11-/m1/s1. The summed E-state index contributed by atoms with van der Waals surface area (Å²) in [4.78, 5) is 33.9. The maximum atomic E-state index is 12.1. The molecule has 1 aliphatic rings. The Morgan fingerprint density at radius 1 is 1.10 bits per heavy atom. The van der Waals surface area contributed by atoms with Crippen LogP contribution in [0.1, 0.15) is 57.8 Å². The average Bonchev–Trinajstić information content (AvgIpc) is 2.33. The maximum absolute atomic E-state index is 12.1. The number of nitrogens with one attached hydrogen (secondary N) is 1. The van der Waals surface area contributed by atoms with Gasteiger partial charge in [0.1, 0.15) is 6.04 Å². The quantitative estimate of drug-likeness (QED) is 0.680. The SMILES string of the molecule is NC(=O)CC[C@@H](NC(=O)C1CCCCCCC1)C(=O)O. The molecule has 0 spiro atoms. The summed E-state index contributed by atoms with van der Waals surface area (Å²) in [5.41, 5.74) is 5.01. The molecule has 1 rings (SSSR count). The van der Waals surface area contributed by atoms with Crippen molar-refractivity contribution in [1.82, 2.24) is 5.32 Å². The van der Waals surface area contributed by atoms with Crippen LogP contribution < -0.4 is 11.1 Å². The molecule has 0 saturated heterocycles. The van der Waals surface area contributed by atoms with Crippen LogP contribution in [0.2, 0.25) is 0 Å². The van der Waals surface area contributed by atoms with Gasteiger partial charge in [-0.3, -0.25) is 9.59 Å². The zero-order valence-corrected chi connectivity index (χ0v) is 11.8. The molecule has 6 heteroatoms. The van der Waals surface area contributed by atoms with Crippen LogP contribution in [0.25, 0.3) is 0 Å². The molecule has 0 aromatic heterocycles. The fourth-order valence-electron chi connectivity index (χ4n) is 2.55. The lowest BCUT2D eigenvalue weighted by molar-refractivity contribution is -0.143. The van der Waals surface area contributed by atoms with E-state index < -0.39 is 17.9 Å². The highest BCUT2D eigenvalue weighted by molar-refractivity contribution is 5.85. The molecule has 1 atom stereocenters. The number of amides is 2. The second kappa shape index (κ2) is 8.55. The van der Waals surface area contributed by atoms with E-state index >= 15 is 0 Å². The number of hydrogen-bond donors (Lipinski definition) is 3. The third kappa shape index (κ3) is 6.04. The van der Waals surface area contributed by atoms with Gasteiger partial charge in [0.05, 0.1) is 0 Å². The van der Waals surface area contributed by atoms with E-state index in [0.29, 0.717) is 0 Å². The van der Waals surface area contributed by atoms with Crippen LogP contribution in [0.15, 0.2) is 0 Å². The van der Waals surface area contributed by atoms with Crippen LogP contribution >= 0.6 is 0 Å². The number of primary amides is 1. The summed E-state index contributed by atoms with van der Waals surface area (Å²) in [5.74, 6) is -1.99. The van der Waals surface area contributed by atoms with Crippen LogP contribution in [0.4, 0.5) is 0 Å². The largest absolute Gasteiger partial charge is 0.480 e. The van der Waals surface area contributed by atoms with E-state index in [1.54, 1.807) is 0 Å². The first kappa shape index (κ1) is 16.5. The lowest BCUT2D eigenvalue weighted by Gasteiger charge is -2.21. The number of carbonyl (C=O) groups excluding carboxylic acids is 2. The highest BCUT2D eigenvalue weighted by atomic mass is 16.4. The van der Waals surface area contributed by atoms with E-state index in [9.17, 15) is 14.4 Å². The fraction of sp³-hybridized carbons (Fsp3) is 0.786. The molecule has 1 saturated carbocycles. The van der Waals surface area contributed by atoms with Crippen molar-refractivity contribution in [3.05, 3.63) is 0 Å². The first-order valence-electron chi connectivity index (χ1n) is 7.32. The van der Waals surface area contributed by atoms with Crippen molar-refractivity contribution in [2.75, 3.05) is 0 Å². The van der Waals surface area contributed by atoms with E-state index in [-0.39, 0.29) is 24.7 Å². The van der Waals surface area contributed by atoms with Gasteiger partial charge < -0.3 is 16.2 Å². The third-order valence-electron chi connectivity index (χ3n) is 3.77. The van der Waals surface area contributed by atoms with Crippen LogP contribution in [-0.4, -0.2) is 28.9 Å². The Hall–Kier alpha value is -1.59. The molecule has 20 heavy (non-hydrogen) atoms. The molecule has 6 nitrogen and oxygen atoms in total. The number of carboxylic acid groups (broad SMARTS) is 1. The van der Waals surface area contributed by atoms with Gasteiger partial charge >= 0.3 is 5.97 Å². The molecular weight excluding hydrogens is 260 g/mol. The normalized spacial score (nSPS) is 18.6. The number of nitrogens with two attached hydrogens (primary N) is 1. The molecule has 0 unspecified atom stereocenters. The van der Waals surface area contributed by atoms with E-state index in [1.165, 1.54) is 6.42 Å². The molecular formula is C14H24N2O4. The molecule has 1 fully saturated rings. The summed E-state index contributed by atoms with van der Waals surface area (Å²) < 4.78 is 0. The molecule has 1 aliphatic carbocycles. The Kier molecular flexibility index (Phi) is 7.04. The van der Waals surface area contributed by atoms with Crippen molar-refractivity contribution in [2.45, 2.75) is 63.8 Å². The number of carboxylic acids is 1. The van der Waals surface area contributed by atoms with E-state index in [2.05, 4.69) is 5.32 Å². The second-order valence-electron chi connectivity index (χ2n) is 5.45. The first-order valence-corrected chi connectivity index (χ1v) is 7.32. The fourth-order valence-corrected chi connectivity index (χ4v) is 2.55. The summed E-state index contributed by atoms with van der Waals surface area (Å²) in [6, 6.07) is -1.03.